The Hall–Kier alpha value is -2.04. The monoisotopic (exact) mass is 221 g/mol. The van der Waals surface area contributed by atoms with Crippen molar-refractivity contribution in [2.75, 3.05) is 5.32 Å². The molecule has 2 rings (SSSR count). The van der Waals surface area contributed by atoms with Crippen molar-refractivity contribution in [3.63, 3.8) is 0 Å². The molecule has 0 saturated carbocycles. The predicted octanol–water partition coefficient (Wildman–Crippen LogP) is 1.30. The zero-order valence-electron chi connectivity index (χ0n) is 8.94. The molecule has 1 aromatic rings. The van der Waals surface area contributed by atoms with Crippen molar-refractivity contribution in [1.29, 1.82) is 0 Å². The van der Waals surface area contributed by atoms with Crippen molar-refractivity contribution < 1.29 is 19.1 Å². The van der Waals surface area contributed by atoms with E-state index in [-0.39, 0.29) is 0 Å². The summed E-state index contributed by atoms with van der Waals surface area (Å²) in [6, 6.07) is 6.94. The average molecular weight is 221 g/mol. The normalized spacial score (nSPS) is 22.8. The van der Waals surface area contributed by atoms with Gasteiger partial charge in [-0.05, 0) is 12.1 Å². The van der Waals surface area contributed by atoms with Crippen molar-refractivity contribution in [2.45, 2.75) is 19.6 Å². The molecule has 0 fully saturated rings. The van der Waals surface area contributed by atoms with E-state index in [9.17, 15) is 9.59 Å². The van der Waals surface area contributed by atoms with Crippen LogP contribution < -0.4 is 10.1 Å². The zero-order chi connectivity index (χ0) is 11.8. The lowest BCUT2D eigenvalue weighted by atomic mass is 10.2. The Kier molecular flexibility index (Phi) is 2.30. The summed E-state index contributed by atoms with van der Waals surface area (Å²) in [5, 5.41) is 2.61. The molecule has 1 aromatic carbocycles. The molecule has 5 heteroatoms. The van der Waals surface area contributed by atoms with Gasteiger partial charge in [-0.2, -0.15) is 0 Å². The summed E-state index contributed by atoms with van der Waals surface area (Å²) in [5.74, 6) is -2.19. The minimum absolute atomic E-state index is 0.478. The maximum Gasteiger partial charge on any atom is 0.331 e. The van der Waals surface area contributed by atoms with E-state index in [1.54, 1.807) is 24.3 Å². The van der Waals surface area contributed by atoms with Gasteiger partial charge in [0.25, 0.3) is 0 Å². The molecule has 5 nitrogen and oxygen atoms in total. The van der Waals surface area contributed by atoms with Crippen molar-refractivity contribution in [3.8, 4) is 5.75 Å². The first-order valence-corrected chi connectivity index (χ1v) is 4.80. The molecular weight excluding hydrogens is 210 g/mol. The summed E-state index contributed by atoms with van der Waals surface area (Å²) in [6.45, 7) is 2.63. The van der Waals surface area contributed by atoms with Crippen LogP contribution in [-0.4, -0.2) is 17.7 Å². The van der Waals surface area contributed by atoms with E-state index in [1.807, 2.05) is 0 Å². The van der Waals surface area contributed by atoms with Gasteiger partial charge in [0.15, 0.2) is 0 Å². The maximum atomic E-state index is 11.7. The predicted molar refractivity (Wildman–Crippen MR) is 55.9 cm³/mol. The minimum atomic E-state index is -1.60. The number of rotatable bonds is 1. The molecular formula is C11H11NO4. The first-order chi connectivity index (χ1) is 7.51. The van der Waals surface area contributed by atoms with Gasteiger partial charge in [-0.25, -0.2) is 0 Å². The Bertz CT molecular complexity index is 457. The number of nitrogens with one attached hydrogen (secondary N) is 1. The second kappa shape index (κ2) is 3.52. The number of benzene rings is 1. The molecule has 1 aliphatic heterocycles. The highest BCUT2D eigenvalue weighted by Gasteiger charge is 2.43. The first kappa shape index (κ1) is 10.5. The fourth-order valence-electron chi connectivity index (χ4n) is 1.49. The number of amides is 1. The second-order valence-corrected chi connectivity index (χ2v) is 3.59. The molecule has 0 radical (unpaired) electrons. The lowest BCUT2D eigenvalue weighted by Gasteiger charge is -2.33. The fourth-order valence-corrected chi connectivity index (χ4v) is 1.49. The average Bonchev–Trinajstić information content (AvgIpc) is 2.18. The van der Waals surface area contributed by atoms with Gasteiger partial charge in [-0.15, -0.1) is 0 Å². The van der Waals surface area contributed by atoms with Crippen molar-refractivity contribution in [2.24, 2.45) is 0 Å². The maximum absolute atomic E-state index is 11.7. The van der Waals surface area contributed by atoms with Gasteiger partial charge in [-0.1, -0.05) is 12.1 Å². The van der Waals surface area contributed by atoms with Crippen LogP contribution >= 0.6 is 0 Å². The summed E-state index contributed by atoms with van der Waals surface area (Å²) in [6.07, 6.45) is 0. The van der Waals surface area contributed by atoms with Crippen LogP contribution in [0.3, 0.4) is 0 Å². The third-order valence-corrected chi connectivity index (χ3v) is 2.19. The molecule has 0 bridgehead atoms. The van der Waals surface area contributed by atoms with Crippen LogP contribution in [0, 0.1) is 0 Å². The topological polar surface area (TPSA) is 64.6 Å². The summed E-state index contributed by atoms with van der Waals surface area (Å²) in [7, 11) is 0. The summed E-state index contributed by atoms with van der Waals surface area (Å²) in [5.41, 5.74) is 0.567. The molecule has 1 atom stereocenters. The lowest BCUT2D eigenvalue weighted by molar-refractivity contribution is -0.194. The lowest BCUT2D eigenvalue weighted by Crippen LogP contribution is -2.51. The Morgan fingerprint density at radius 2 is 2.12 bits per heavy atom. The van der Waals surface area contributed by atoms with E-state index in [0.29, 0.717) is 11.4 Å². The van der Waals surface area contributed by atoms with Gasteiger partial charge >= 0.3 is 17.7 Å². The Labute approximate surface area is 92.4 Å². The molecule has 84 valence electrons. The number of ether oxygens (including phenoxy) is 2. The van der Waals surface area contributed by atoms with Crippen LogP contribution in [0.15, 0.2) is 24.3 Å². The number of hydrogen-bond donors (Lipinski definition) is 1. The van der Waals surface area contributed by atoms with Crippen molar-refractivity contribution in [3.05, 3.63) is 24.3 Å². The molecule has 0 aliphatic carbocycles. The Morgan fingerprint density at radius 1 is 1.44 bits per heavy atom. The molecule has 1 N–H and O–H groups in total. The third-order valence-electron chi connectivity index (χ3n) is 2.19. The second-order valence-electron chi connectivity index (χ2n) is 3.59. The van der Waals surface area contributed by atoms with Gasteiger partial charge in [0.2, 0.25) is 0 Å². The molecule has 0 aromatic heterocycles. The van der Waals surface area contributed by atoms with Crippen LogP contribution in [0.5, 0.6) is 5.75 Å². The fraction of sp³-hybridized carbons (Fsp3) is 0.273. The van der Waals surface area contributed by atoms with E-state index in [1.165, 1.54) is 13.8 Å². The van der Waals surface area contributed by atoms with Gasteiger partial charge in [0.1, 0.15) is 5.75 Å². The first-order valence-electron chi connectivity index (χ1n) is 4.80. The number of carbonyl (C=O) groups excluding carboxylic acids is 2. The van der Waals surface area contributed by atoms with E-state index in [0.717, 1.165) is 0 Å². The molecule has 0 saturated heterocycles. The third kappa shape index (κ3) is 1.71. The largest absolute Gasteiger partial charge is 0.442 e. The van der Waals surface area contributed by atoms with Crippen LogP contribution in [0.2, 0.25) is 0 Å². The molecule has 1 heterocycles. The molecule has 16 heavy (non-hydrogen) atoms. The Balaban J connectivity index is 2.34. The summed E-state index contributed by atoms with van der Waals surface area (Å²) in [4.78, 5) is 22.6. The van der Waals surface area contributed by atoms with Gasteiger partial charge in [-0.3, -0.25) is 9.59 Å². The van der Waals surface area contributed by atoms with E-state index < -0.39 is 17.7 Å². The minimum Gasteiger partial charge on any atom is -0.442 e. The van der Waals surface area contributed by atoms with Gasteiger partial charge < -0.3 is 14.8 Å². The van der Waals surface area contributed by atoms with Gasteiger partial charge in [0, 0.05) is 13.8 Å². The van der Waals surface area contributed by atoms with Crippen LogP contribution in [0.25, 0.3) is 0 Å². The van der Waals surface area contributed by atoms with Crippen LogP contribution in [0.1, 0.15) is 13.8 Å². The molecule has 1 aliphatic rings. The molecule has 1 amide bonds. The SMILES string of the molecule is CC(=O)OC1(C)Oc2ccccc2NC1=O. The standard InChI is InChI=1S/C11H11NO4/c1-7(13)15-11(2)10(14)12-8-5-3-4-6-9(8)16-11/h3-6H,1-2H3,(H,12,14). The molecule has 1 unspecified atom stereocenters. The summed E-state index contributed by atoms with van der Waals surface area (Å²) < 4.78 is 10.3. The van der Waals surface area contributed by atoms with E-state index >= 15 is 0 Å². The highest BCUT2D eigenvalue weighted by Crippen LogP contribution is 2.33. The highest BCUT2D eigenvalue weighted by molar-refractivity contribution is 6.00. The number of fused-ring (bicyclic) bond motifs is 1. The summed E-state index contributed by atoms with van der Waals surface area (Å²) >= 11 is 0. The number of esters is 1. The van der Waals surface area contributed by atoms with Crippen molar-refractivity contribution >= 4 is 17.6 Å². The van der Waals surface area contributed by atoms with Crippen molar-refractivity contribution in [1.82, 2.24) is 0 Å². The number of para-hydroxylation sites is 2. The Morgan fingerprint density at radius 3 is 2.81 bits per heavy atom. The smallest absolute Gasteiger partial charge is 0.331 e. The van der Waals surface area contributed by atoms with E-state index in [2.05, 4.69) is 5.32 Å². The van der Waals surface area contributed by atoms with Crippen LogP contribution in [0.4, 0.5) is 5.69 Å². The van der Waals surface area contributed by atoms with Gasteiger partial charge in [0.05, 0.1) is 5.69 Å². The number of hydrogen-bond acceptors (Lipinski definition) is 4. The highest BCUT2D eigenvalue weighted by atomic mass is 16.7. The number of carbonyl (C=O) groups is 2. The van der Waals surface area contributed by atoms with Crippen LogP contribution in [-0.2, 0) is 14.3 Å². The molecule has 0 spiro atoms. The zero-order valence-corrected chi connectivity index (χ0v) is 8.94. The quantitative estimate of drug-likeness (QED) is 0.726. The number of anilines is 1. The van der Waals surface area contributed by atoms with E-state index in [4.69, 9.17) is 9.47 Å².